The molecule has 0 aliphatic carbocycles. The predicted octanol–water partition coefficient (Wildman–Crippen LogP) is 1.56. The van der Waals surface area contributed by atoms with Gasteiger partial charge < -0.3 is 16.0 Å². The molecule has 0 radical (unpaired) electrons. The molecule has 1 saturated heterocycles. The van der Waals surface area contributed by atoms with Crippen molar-refractivity contribution in [3.8, 4) is 0 Å². The van der Waals surface area contributed by atoms with Gasteiger partial charge in [0.1, 0.15) is 6.54 Å². The Morgan fingerprint density at radius 1 is 1.13 bits per heavy atom. The molecule has 0 bridgehead atoms. The van der Waals surface area contributed by atoms with E-state index >= 15 is 0 Å². The number of rotatable bonds is 8. The van der Waals surface area contributed by atoms with Gasteiger partial charge in [0, 0.05) is 32.2 Å². The van der Waals surface area contributed by atoms with Gasteiger partial charge in [-0.15, -0.1) is 24.0 Å². The van der Waals surface area contributed by atoms with Crippen molar-refractivity contribution in [2.24, 2.45) is 4.99 Å². The molecule has 1 amide bonds. The van der Waals surface area contributed by atoms with Crippen LogP contribution in [-0.4, -0.2) is 62.1 Å². The summed E-state index contributed by atoms with van der Waals surface area (Å²) in [7, 11) is 0. The minimum absolute atomic E-state index is 0. The molecule has 0 aromatic heterocycles. The Morgan fingerprint density at radius 2 is 1.87 bits per heavy atom. The van der Waals surface area contributed by atoms with E-state index in [0.717, 1.165) is 31.6 Å². The molecule has 1 aliphatic rings. The van der Waals surface area contributed by atoms with E-state index in [1.54, 1.807) is 0 Å². The first-order chi connectivity index (χ1) is 10.7. The van der Waals surface area contributed by atoms with Crippen LogP contribution in [0.2, 0.25) is 0 Å². The first-order valence-electron chi connectivity index (χ1n) is 8.74. The van der Waals surface area contributed by atoms with Gasteiger partial charge in [0.05, 0.1) is 0 Å². The van der Waals surface area contributed by atoms with Crippen LogP contribution >= 0.6 is 24.0 Å². The van der Waals surface area contributed by atoms with Gasteiger partial charge in [0.15, 0.2) is 5.96 Å². The number of hydrogen-bond acceptors (Lipinski definition) is 3. The minimum Gasteiger partial charge on any atom is -0.357 e. The number of likely N-dealkylation sites (tertiary alicyclic amines) is 1. The third-order valence-corrected chi connectivity index (χ3v) is 4.01. The van der Waals surface area contributed by atoms with Crippen LogP contribution in [0.15, 0.2) is 4.99 Å². The number of aliphatic imine (C=N–C) groups is 1. The molecule has 1 unspecified atom stereocenters. The predicted molar refractivity (Wildman–Crippen MR) is 108 cm³/mol. The van der Waals surface area contributed by atoms with Crippen LogP contribution in [0.3, 0.4) is 0 Å². The van der Waals surface area contributed by atoms with E-state index in [1.165, 1.54) is 32.2 Å². The number of carbonyl (C=O) groups excluding carboxylic acids is 1. The van der Waals surface area contributed by atoms with Crippen LogP contribution in [0.4, 0.5) is 0 Å². The SMILES string of the molecule is CCNC(=O)CN=C(NCC)NCCN1CCCCC1CC.I. The molecule has 0 aromatic rings. The summed E-state index contributed by atoms with van der Waals surface area (Å²) in [6.45, 7) is 10.9. The number of halogens is 1. The Labute approximate surface area is 158 Å². The summed E-state index contributed by atoms with van der Waals surface area (Å²) in [6, 6.07) is 0.727. The Balaban J connectivity index is 0.00000484. The Hall–Kier alpha value is -0.570. The highest BCUT2D eigenvalue weighted by Gasteiger charge is 2.19. The summed E-state index contributed by atoms with van der Waals surface area (Å²) in [5.41, 5.74) is 0. The number of piperidine rings is 1. The highest BCUT2D eigenvalue weighted by Crippen LogP contribution is 2.18. The van der Waals surface area contributed by atoms with E-state index in [0.29, 0.717) is 6.54 Å². The molecule has 7 heteroatoms. The molecular formula is C16H34IN5O. The van der Waals surface area contributed by atoms with Crippen LogP contribution in [-0.2, 0) is 4.79 Å². The number of guanidine groups is 1. The second kappa shape index (κ2) is 13.8. The van der Waals surface area contributed by atoms with Crippen molar-refractivity contribution in [3.63, 3.8) is 0 Å². The maximum Gasteiger partial charge on any atom is 0.241 e. The Bertz CT molecular complexity index is 351. The van der Waals surface area contributed by atoms with Crippen molar-refractivity contribution in [1.82, 2.24) is 20.9 Å². The number of nitrogens with one attached hydrogen (secondary N) is 3. The fraction of sp³-hybridized carbons (Fsp3) is 0.875. The van der Waals surface area contributed by atoms with E-state index in [9.17, 15) is 4.79 Å². The lowest BCUT2D eigenvalue weighted by Crippen LogP contribution is -2.46. The van der Waals surface area contributed by atoms with Crippen molar-refractivity contribution in [3.05, 3.63) is 0 Å². The summed E-state index contributed by atoms with van der Waals surface area (Å²) in [4.78, 5) is 18.4. The number of carbonyl (C=O) groups is 1. The lowest BCUT2D eigenvalue weighted by Gasteiger charge is -2.35. The molecule has 0 saturated carbocycles. The maximum absolute atomic E-state index is 11.5. The van der Waals surface area contributed by atoms with E-state index in [2.05, 4.69) is 32.8 Å². The van der Waals surface area contributed by atoms with Crippen molar-refractivity contribution in [2.75, 3.05) is 39.3 Å². The van der Waals surface area contributed by atoms with Crippen molar-refractivity contribution < 1.29 is 4.79 Å². The molecule has 23 heavy (non-hydrogen) atoms. The normalized spacial score (nSPS) is 18.9. The zero-order valence-corrected chi connectivity index (χ0v) is 17.2. The molecule has 0 spiro atoms. The second-order valence-corrected chi connectivity index (χ2v) is 5.67. The van der Waals surface area contributed by atoms with Gasteiger partial charge in [0.25, 0.3) is 0 Å². The van der Waals surface area contributed by atoms with E-state index in [1.807, 2.05) is 13.8 Å². The van der Waals surface area contributed by atoms with E-state index < -0.39 is 0 Å². The summed E-state index contributed by atoms with van der Waals surface area (Å²) in [6.07, 6.45) is 5.22. The molecular weight excluding hydrogens is 405 g/mol. The highest BCUT2D eigenvalue weighted by molar-refractivity contribution is 14.0. The minimum atomic E-state index is -0.0400. The zero-order valence-electron chi connectivity index (χ0n) is 14.9. The van der Waals surface area contributed by atoms with Crippen LogP contribution in [0.1, 0.15) is 46.5 Å². The van der Waals surface area contributed by atoms with E-state index in [-0.39, 0.29) is 36.4 Å². The van der Waals surface area contributed by atoms with Gasteiger partial charge in [-0.05, 0) is 39.7 Å². The smallest absolute Gasteiger partial charge is 0.241 e. The average Bonchev–Trinajstić information content (AvgIpc) is 2.53. The van der Waals surface area contributed by atoms with Crippen molar-refractivity contribution in [1.29, 1.82) is 0 Å². The lowest BCUT2D eigenvalue weighted by atomic mass is 10.0. The number of amides is 1. The average molecular weight is 439 g/mol. The molecule has 1 rings (SSSR count). The summed E-state index contributed by atoms with van der Waals surface area (Å²) in [5.74, 6) is 0.681. The topological polar surface area (TPSA) is 68.8 Å². The highest BCUT2D eigenvalue weighted by atomic mass is 127. The first-order valence-corrected chi connectivity index (χ1v) is 8.74. The second-order valence-electron chi connectivity index (χ2n) is 5.67. The van der Waals surface area contributed by atoms with Crippen LogP contribution in [0, 0.1) is 0 Å². The standard InChI is InChI=1S/C16H33N5O.HI/c1-4-14-9-7-8-11-21(14)12-10-19-16(18-6-3)20-13-15(22)17-5-2;/h14H,4-13H2,1-3H3,(H,17,22)(H2,18,19,20);1H. The Kier molecular flexibility index (Phi) is 13.5. The van der Waals surface area contributed by atoms with Crippen molar-refractivity contribution >= 4 is 35.8 Å². The van der Waals surface area contributed by atoms with Gasteiger partial charge >= 0.3 is 0 Å². The molecule has 6 nitrogen and oxygen atoms in total. The zero-order chi connectivity index (χ0) is 16.2. The molecule has 136 valence electrons. The quantitative estimate of drug-likeness (QED) is 0.305. The Morgan fingerprint density at radius 3 is 2.52 bits per heavy atom. The number of nitrogens with zero attached hydrogens (tertiary/aromatic N) is 2. The molecule has 1 atom stereocenters. The summed E-state index contributed by atoms with van der Waals surface area (Å²) in [5, 5.41) is 9.27. The van der Waals surface area contributed by atoms with Gasteiger partial charge in [0.2, 0.25) is 5.91 Å². The van der Waals surface area contributed by atoms with Gasteiger partial charge in [-0.2, -0.15) is 0 Å². The van der Waals surface area contributed by atoms with Crippen LogP contribution in [0.5, 0.6) is 0 Å². The third-order valence-electron chi connectivity index (χ3n) is 4.01. The first kappa shape index (κ1) is 22.4. The van der Waals surface area contributed by atoms with Crippen molar-refractivity contribution in [2.45, 2.75) is 52.5 Å². The monoisotopic (exact) mass is 439 g/mol. The number of hydrogen-bond donors (Lipinski definition) is 3. The van der Waals surface area contributed by atoms with Crippen LogP contribution < -0.4 is 16.0 Å². The molecule has 3 N–H and O–H groups in total. The molecule has 1 fully saturated rings. The van der Waals surface area contributed by atoms with Gasteiger partial charge in [-0.1, -0.05) is 13.3 Å². The maximum atomic E-state index is 11.5. The van der Waals surface area contributed by atoms with Crippen LogP contribution in [0.25, 0.3) is 0 Å². The van der Waals surface area contributed by atoms with Gasteiger partial charge in [-0.25, -0.2) is 4.99 Å². The molecule has 1 aliphatic heterocycles. The lowest BCUT2D eigenvalue weighted by molar-refractivity contribution is -0.119. The summed E-state index contributed by atoms with van der Waals surface area (Å²) < 4.78 is 0. The third kappa shape index (κ3) is 9.34. The number of likely N-dealkylation sites (N-methyl/N-ethyl adjacent to an activating group) is 1. The largest absolute Gasteiger partial charge is 0.357 e. The van der Waals surface area contributed by atoms with Gasteiger partial charge in [-0.3, -0.25) is 9.69 Å². The summed E-state index contributed by atoms with van der Waals surface area (Å²) >= 11 is 0. The fourth-order valence-electron chi connectivity index (χ4n) is 2.88. The molecule has 0 aromatic carbocycles. The molecule has 1 heterocycles. The van der Waals surface area contributed by atoms with E-state index in [4.69, 9.17) is 0 Å². The fourth-order valence-corrected chi connectivity index (χ4v) is 2.88.